The van der Waals surface area contributed by atoms with Crippen molar-refractivity contribution >= 4 is 44.6 Å². The van der Waals surface area contributed by atoms with Crippen LogP contribution in [0.25, 0.3) is 0 Å². The lowest BCUT2D eigenvalue weighted by Crippen LogP contribution is -2.51. The van der Waals surface area contributed by atoms with Crippen molar-refractivity contribution in [3.8, 4) is 5.75 Å². The number of ether oxygens (including phenoxy) is 1. The van der Waals surface area contributed by atoms with Crippen molar-refractivity contribution in [3.05, 3.63) is 86.8 Å². The van der Waals surface area contributed by atoms with E-state index in [9.17, 15) is 18.3 Å². The summed E-state index contributed by atoms with van der Waals surface area (Å²) >= 11 is 7.88. The molecule has 1 fully saturated rings. The molecule has 1 saturated carbocycles. The van der Waals surface area contributed by atoms with Crippen LogP contribution in [0.2, 0.25) is 5.02 Å². The monoisotopic (exact) mass is 683 g/mol. The molecule has 0 unspecified atom stereocenters. The molecule has 3 heterocycles. The first-order chi connectivity index (χ1) is 22.0. The molecule has 2 aliphatic heterocycles. The Labute approximate surface area is 280 Å². The van der Waals surface area contributed by atoms with E-state index in [-0.39, 0.29) is 23.3 Å². The highest BCUT2D eigenvalue weighted by atomic mass is 35.5. The minimum Gasteiger partial charge on any atom is -0.487 e. The fraction of sp³-hybridized carbons (Fsp3) is 0.486. The Kier molecular flexibility index (Phi) is 9.80. The summed E-state index contributed by atoms with van der Waals surface area (Å²) in [4.78, 5) is 20.2. The molecule has 5 atom stereocenters. The molecule has 11 heteroatoms. The van der Waals surface area contributed by atoms with E-state index in [0.717, 1.165) is 53.9 Å². The Bertz CT molecular complexity index is 1700. The summed E-state index contributed by atoms with van der Waals surface area (Å²) in [5.74, 6) is -0.120. The zero-order valence-corrected chi connectivity index (χ0v) is 28.7. The smallest absolute Gasteiger partial charge is 0.264 e. The fourth-order valence-corrected chi connectivity index (χ4v) is 9.16. The molecule has 3 aromatic rings. The number of aryl methyl sites for hydroxylation is 1. The Morgan fingerprint density at radius 3 is 2.76 bits per heavy atom. The quantitative estimate of drug-likeness (QED) is 0.295. The second kappa shape index (κ2) is 13.7. The molecule has 0 saturated heterocycles. The van der Waals surface area contributed by atoms with Crippen molar-refractivity contribution in [2.24, 2.45) is 17.8 Å². The number of fused-ring (bicyclic) bond motifs is 3. The number of halogens is 1. The summed E-state index contributed by atoms with van der Waals surface area (Å²) in [6.07, 6.45) is 11.0. The summed E-state index contributed by atoms with van der Waals surface area (Å²) in [5, 5.41) is 15.0. The third kappa shape index (κ3) is 7.15. The maximum absolute atomic E-state index is 13.4. The number of carbonyl (C=O) groups is 1. The van der Waals surface area contributed by atoms with Crippen LogP contribution in [0.1, 0.15) is 72.4 Å². The van der Waals surface area contributed by atoms with Gasteiger partial charge in [0.2, 0.25) is 10.0 Å². The molecule has 2 bridgehead atoms. The molecule has 0 spiro atoms. The zero-order valence-electron chi connectivity index (χ0n) is 26.3. The Balaban J connectivity index is 1.41. The number of thiazole rings is 1. The maximum Gasteiger partial charge on any atom is 0.264 e. The van der Waals surface area contributed by atoms with Gasteiger partial charge >= 0.3 is 0 Å². The van der Waals surface area contributed by atoms with Crippen LogP contribution >= 0.6 is 22.9 Å². The van der Waals surface area contributed by atoms with Crippen molar-refractivity contribution in [2.75, 3.05) is 18.0 Å². The predicted molar refractivity (Wildman–Crippen MR) is 183 cm³/mol. The van der Waals surface area contributed by atoms with Gasteiger partial charge in [-0.3, -0.25) is 4.79 Å². The van der Waals surface area contributed by atoms with E-state index in [1.807, 2.05) is 42.7 Å². The van der Waals surface area contributed by atoms with Crippen LogP contribution in [0.15, 0.2) is 60.1 Å². The minimum absolute atomic E-state index is 0.00236. The summed E-state index contributed by atoms with van der Waals surface area (Å²) in [5.41, 5.74) is 2.11. The number of aromatic nitrogens is 1. The number of carbonyl (C=O) groups excluding carboxylic acids is 1. The number of sulfonamides is 1. The molecule has 0 radical (unpaired) electrons. The van der Waals surface area contributed by atoms with E-state index in [1.165, 1.54) is 11.3 Å². The molecule has 2 aromatic carbocycles. The molecule has 246 valence electrons. The minimum atomic E-state index is -3.97. The van der Waals surface area contributed by atoms with Crippen LogP contribution < -0.4 is 14.4 Å². The molecular weight excluding hydrogens is 642 g/mol. The van der Waals surface area contributed by atoms with Crippen LogP contribution in [0.3, 0.4) is 0 Å². The SMILES string of the molecule is C[C@@H]1[C@@H](C)C/C=C/[C@@](O)(Cc2nccs2)[C@@H]2CC[C@H]2CN2CCCCc3cc(Cl)ccc3COc3ccc(cc32)C(=O)NS1(=O)=O. The lowest BCUT2D eigenvalue weighted by molar-refractivity contribution is -0.0445. The molecular formula is C35H42ClN3O5S2. The van der Waals surface area contributed by atoms with E-state index in [4.69, 9.17) is 16.3 Å². The van der Waals surface area contributed by atoms with Gasteiger partial charge in [-0.1, -0.05) is 36.7 Å². The summed E-state index contributed by atoms with van der Waals surface area (Å²) < 4.78 is 35.5. The number of amides is 1. The van der Waals surface area contributed by atoms with Gasteiger partial charge in [-0.2, -0.15) is 0 Å². The molecule has 1 amide bonds. The Morgan fingerprint density at radius 1 is 1.15 bits per heavy atom. The largest absolute Gasteiger partial charge is 0.487 e. The maximum atomic E-state index is 13.4. The highest BCUT2D eigenvalue weighted by Gasteiger charge is 2.46. The number of nitrogens with one attached hydrogen (secondary N) is 1. The summed E-state index contributed by atoms with van der Waals surface area (Å²) in [6, 6.07) is 11.0. The second-order valence-electron chi connectivity index (χ2n) is 13.1. The lowest BCUT2D eigenvalue weighted by Gasteiger charge is -2.48. The summed E-state index contributed by atoms with van der Waals surface area (Å²) in [6.45, 7) is 5.21. The molecule has 2 N–H and O–H groups in total. The molecule has 1 aromatic heterocycles. The first kappa shape index (κ1) is 33.0. The fourth-order valence-electron chi connectivity index (χ4n) is 6.97. The van der Waals surface area contributed by atoms with Gasteiger partial charge in [0.1, 0.15) is 12.4 Å². The second-order valence-corrected chi connectivity index (χ2v) is 16.6. The van der Waals surface area contributed by atoms with Crippen LogP contribution in [0.4, 0.5) is 5.69 Å². The standard InChI is InChI=1S/C35H42ClN3O5S2/c1-23-6-5-14-35(41,20-33-37-15-17-45-33)30-12-9-27(30)21-39-16-4-3-7-25-18-29(36)11-8-28(25)22-44-32-13-10-26(19-31(32)39)34(40)38-46(42,43)24(23)2/h5,8,10-11,13-15,17-19,23-24,27,30,41H,3-4,6-7,9,12,16,20-22H2,1-2H3,(H,38,40)/b14-5+/t23-,24+,27-,30+,35+/m0/s1. The van der Waals surface area contributed by atoms with Gasteiger partial charge in [-0.15, -0.1) is 11.3 Å². The molecule has 46 heavy (non-hydrogen) atoms. The first-order valence-electron chi connectivity index (χ1n) is 16.2. The van der Waals surface area contributed by atoms with Gasteiger partial charge in [-0.25, -0.2) is 18.1 Å². The van der Waals surface area contributed by atoms with Crippen molar-refractivity contribution in [3.63, 3.8) is 0 Å². The predicted octanol–water partition coefficient (Wildman–Crippen LogP) is 6.56. The van der Waals surface area contributed by atoms with E-state index in [0.29, 0.717) is 43.3 Å². The van der Waals surface area contributed by atoms with Gasteiger partial charge in [0.25, 0.3) is 5.91 Å². The molecule has 1 aliphatic carbocycles. The summed E-state index contributed by atoms with van der Waals surface area (Å²) in [7, 11) is -3.97. The highest BCUT2D eigenvalue weighted by Crippen LogP contribution is 2.46. The van der Waals surface area contributed by atoms with Crippen LogP contribution in [0, 0.1) is 17.8 Å². The lowest BCUT2D eigenvalue weighted by atomic mass is 9.63. The van der Waals surface area contributed by atoms with Gasteiger partial charge in [0.15, 0.2) is 0 Å². The number of aliphatic hydroxyl groups is 1. The number of benzene rings is 2. The van der Waals surface area contributed by atoms with Crippen LogP contribution in [-0.2, 0) is 29.5 Å². The topological polar surface area (TPSA) is 109 Å². The zero-order chi connectivity index (χ0) is 32.5. The normalized spacial score (nSPS) is 29.1. The van der Waals surface area contributed by atoms with E-state index >= 15 is 0 Å². The van der Waals surface area contributed by atoms with Crippen molar-refractivity contribution in [1.29, 1.82) is 0 Å². The Morgan fingerprint density at radius 2 is 2.00 bits per heavy atom. The third-order valence-electron chi connectivity index (χ3n) is 10.1. The number of anilines is 1. The van der Waals surface area contributed by atoms with Crippen molar-refractivity contribution in [1.82, 2.24) is 9.71 Å². The van der Waals surface area contributed by atoms with Gasteiger partial charge < -0.3 is 14.7 Å². The molecule has 8 nitrogen and oxygen atoms in total. The third-order valence-corrected chi connectivity index (χ3v) is 13.0. The number of nitrogens with zero attached hydrogens (tertiary/aromatic N) is 2. The average Bonchev–Trinajstić information content (AvgIpc) is 3.50. The van der Waals surface area contributed by atoms with Gasteiger partial charge in [-0.05, 0) is 105 Å². The highest BCUT2D eigenvalue weighted by molar-refractivity contribution is 7.90. The van der Waals surface area contributed by atoms with E-state index < -0.39 is 26.8 Å². The number of hydrogen-bond donors (Lipinski definition) is 2. The molecule has 3 aliphatic rings. The van der Waals surface area contributed by atoms with Gasteiger partial charge in [0, 0.05) is 41.7 Å². The van der Waals surface area contributed by atoms with Crippen LogP contribution in [-0.4, -0.2) is 48.4 Å². The average molecular weight is 684 g/mol. The van der Waals surface area contributed by atoms with Gasteiger partial charge in [0.05, 0.1) is 21.5 Å². The van der Waals surface area contributed by atoms with Crippen molar-refractivity contribution in [2.45, 2.75) is 76.3 Å². The first-order valence-corrected chi connectivity index (χ1v) is 19.0. The number of rotatable bonds is 2. The number of hydrogen-bond acceptors (Lipinski definition) is 8. The van der Waals surface area contributed by atoms with Crippen LogP contribution in [0.5, 0.6) is 5.75 Å². The van der Waals surface area contributed by atoms with E-state index in [2.05, 4.69) is 14.6 Å². The Hall–Kier alpha value is -2.92. The van der Waals surface area contributed by atoms with Crippen molar-refractivity contribution < 1.29 is 23.1 Å². The number of allylic oxidation sites excluding steroid dienone is 1. The molecule has 6 rings (SSSR count). The van der Waals surface area contributed by atoms with E-state index in [1.54, 1.807) is 31.3 Å².